The number of likely N-dealkylation sites (N-methyl/N-ethyl adjacent to an activating group) is 1. The van der Waals surface area contributed by atoms with E-state index in [0.717, 1.165) is 6.42 Å². The molecular weight excluding hydrogens is 261 g/mol. The summed E-state index contributed by atoms with van der Waals surface area (Å²) in [5.41, 5.74) is 0.436. The summed E-state index contributed by atoms with van der Waals surface area (Å²) in [6, 6.07) is 6.28. The molecule has 0 N–H and O–H groups in total. The minimum Gasteiger partial charge on any atom is -0.455 e. The van der Waals surface area contributed by atoms with Gasteiger partial charge in [-0.1, -0.05) is 25.1 Å². The Hall–Kier alpha value is -1.91. The van der Waals surface area contributed by atoms with E-state index >= 15 is 0 Å². The van der Waals surface area contributed by atoms with Gasteiger partial charge in [-0.2, -0.15) is 0 Å². The fraction of sp³-hybridized carbons (Fsp3) is 0.467. The standard InChI is InChI=1S/C15H18FNO3/c1-10-7-12(10)15(19)20-9-14(18)17(2)8-11-5-3-4-6-13(11)16/h3-6,10,12H,7-9H2,1-2H3. The molecule has 1 fully saturated rings. The fourth-order valence-electron chi connectivity index (χ4n) is 1.97. The van der Waals surface area contributed by atoms with Gasteiger partial charge in [0.15, 0.2) is 6.61 Å². The van der Waals surface area contributed by atoms with Crippen LogP contribution in [0.4, 0.5) is 4.39 Å². The maximum absolute atomic E-state index is 13.5. The molecule has 4 nitrogen and oxygen atoms in total. The third kappa shape index (κ3) is 3.56. The topological polar surface area (TPSA) is 46.6 Å². The molecular formula is C15H18FNO3. The van der Waals surface area contributed by atoms with Crippen LogP contribution in [-0.4, -0.2) is 30.4 Å². The minimum atomic E-state index is -0.351. The van der Waals surface area contributed by atoms with Crippen molar-refractivity contribution >= 4 is 11.9 Å². The number of hydrogen-bond acceptors (Lipinski definition) is 3. The van der Waals surface area contributed by atoms with Gasteiger partial charge in [0, 0.05) is 19.2 Å². The van der Waals surface area contributed by atoms with E-state index in [1.165, 1.54) is 11.0 Å². The Morgan fingerprint density at radius 3 is 2.65 bits per heavy atom. The molecule has 5 heteroatoms. The second-order valence-electron chi connectivity index (χ2n) is 5.27. The van der Waals surface area contributed by atoms with Crippen molar-refractivity contribution in [2.75, 3.05) is 13.7 Å². The number of carbonyl (C=O) groups is 2. The van der Waals surface area contributed by atoms with Gasteiger partial charge in [0.2, 0.25) is 0 Å². The third-order valence-electron chi connectivity index (χ3n) is 3.54. The largest absolute Gasteiger partial charge is 0.455 e. The van der Waals surface area contributed by atoms with Crippen molar-refractivity contribution in [3.05, 3.63) is 35.6 Å². The number of benzene rings is 1. The van der Waals surface area contributed by atoms with Crippen LogP contribution >= 0.6 is 0 Å². The first-order valence-corrected chi connectivity index (χ1v) is 6.63. The highest BCUT2D eigenvalue weighted by molar-refractivity contribution is 5.82. The number of amides is 1. The Balaban J connectivity index is 1.80. The molecule has 2 rings (SSSR count). The van der Waals surface area contributed by atoms with Crippen LogP contribution in [0.1, 0.15) is 18.9 Å². The molecule has 1 aromatic rings. The van der Waals surface area contributed by atoms with Gasteiger partial charge in [-0.15, -0.1) is 0 Å². The molecule has 0 spiro atoms. The van der Waals surface area contributed by atoms with Gasteiger partial charge >= 0.3 is 5.97 Å². The molecule has 20 heavy (non-hydrogen) atoms. The van der Waals surface area contributed by atoms with E-state index in [-0.39, 0.29) is 36.8 Å². The molecule has 0 aromatic heterocycles. The Morgan fingerprint density at radius 1 is 1.40 bits per heavy atom. The van der Waals surface area contributed by atoms with Gasteiger partial charge in [0.05, 0.1) is 5.92 Å². The van der Waals surface area contributed by atoms with Crippen LogP contribution in [0.2, 0.25) is 0 Å². The number of ether oxygens (including phenoxy) is 1. The molecule has 0 saturated heterocycles. The van der Waals surface area contributed by atoms with Crippen LogP contribution in [0.15, 0.2) is 24.3 Å². The Labute approximate surface area is 117 Å². The summed E-state index contributed by atoms with van der Waals surface area (Å²) in [5, 5.41) is 0. The zero-order valence-electron chi connectivity index (χ0n) is 11.6. The summed E-state index contributed by atoms with van der Waals surface area (Å²) in [6.07, 6.45) is 0.831. The summed E-state index contributed by atoms with van der Waals surface area (Å²) in [6.45, 7) is 1.84. The maximum atomic E-state index is 13.5. The lowest BCUT2D eigenvalue weighted by molar-refractivity contribution is -0.153. The summed E-state index contributed by atoms with van der Waals surface area (Å²) in [4.78, 5) is 24.7. The van der Waals surface area contributed by atoms with Gasteiger partial charge < -0.3 is 9.64 Å². The molecule has 0 heterocycles. The van der Waals surface area contributed by atoms with Crippen LogP contribution in [0.5, 0.6) is 0 Å². The van der Waals surface area contributed by atoms with Gasteiger partial charge in [-0.25, -0.2) is 4.39 Å². The average molecular weight is 279 g/mol. The smallest absolute Gasteiger partial charge is 0.309 e. The summed E-state index contributed by atoms with van der Waals surface area (Å²) >= 11 is 0. The predicted molar refractivity (Wildman–Crippen MR) is 71.1 cm³/mol. The van der Waals surface area contributed by atoms with Crippen LogP contribution in [0.25, 0.3) is 0 Å². The van der Waals surface area contributed by atoms with Crippen LogP contribution in [-0.2, 0) is 20.9 Å². The number of carbonyl (C=O) groups excluding carboxylic acids is 2. The molecule has 1 aromatic carbocycles. The van der Waals surface area contributed by atoms with E-state index in [0.29, 0.717) is 11.5 Å². The van der Waals surface area contributed by atoms with Gasteiger partial charge in [0.1, 0.15) is 5.82 Å². The van der Waals surface area contributed by atoms with E-state index in [2.05, 4.69) is 0 Å². The van der Waals surface area contributed by atoms with Crippen molar-refractivity contribution in [2.45, 2.75) is 19.9 Å². The molecule has 1 aliphatic rings. The zero-order valence-corrected chi connectivity index (χ0v) is 11.6. The number of hydrogen-bond donors (Lipinski definition) is 0. The average Bonchev–Trinajstić information content (AvgIpc) is 3.15. The van der Waals surface area contributed by atoms with Crippen molar-refractivity contribution in [1.82, 2.24) is 4.90 Å². The molecule has 2 atom stereocenters. The van der Waals surface area contributed by atoms with Gasteiger partial charge in [-0.3, -0.25) is 9.59 Å². The lowest BCUT2D eigenvalue weighted by atomic mass is 10.2. The Bertz CT molecular complexity index is 518. The first-order chi connectivity index (χ1) is 9.49. The summed E-state index contributed by atoms with van der Waals surface area (Å²) in [5.74, 6) is -0.704. The Morgan fingerprint density at radius 2 is 2.05 bits per heavy atom. The van der Waals surface area contributed by atoms with E-state index < -0.39 is 0 Å². The molecule has 0 radical (unpaired) electrons. The fourth-order valence-corrected chi connectivity index (χ4v) is 1.97. The molecule has 1 aliphatic carbocycles. The Kier molecular flexibility index (Phi) is 4.37. The molecule has 1 amide bonds. The van der Waals surface area contributed by atoms with Crippen molar-refractivity contribution in [2.24, 2.45) is 11.8 Å². The second-order valence-corrected chi connectivity index (χ2v) is 5.27. The van der Waals surface area contributed by atoms with E-state index in [4.69, 9.17) is 4.74 Å². The molecule has 108 valence electrons. The molecule has 0 aliphatic heterocycles. The van der Waals surface area contributed by atoms with Crippen LogP contribution < -0.4 is 0 Å². The summed E-state index contributed by atoms with van der Waals surface area (Å²) in [7, 11) is 1.56. The lowest BCUT2D eigenvalue weighted by Crippen LogP contribution is -2.31. The lowest BCUT2D eigenvalue weighted by Gasteiger charge is -2.17. The minimum absolute atomic E-state index is 0.0559. The quantitative estimate of drug-likeness (QED) is 0.774. The number of rotatable bonds is 5. The van der Waals surface area contributed by atoms with Crippen molar-refractivity contribution in [3.63, 3.8) is 0 Å². The van der Waals surface area contributed by atoms with E-state index in [9.17, 15) is 14.0 Å². The molecule has 2 unspecified atom stereocenters. The highest BCUT2D eigenvalue weighted by Gasteiger charge is 2.40. The normalized spacial score (nSPS) is 20.4. The SMILES string of the molecule is CC1CC1C(=O)OCC(=O)N(C)Cc1ccccc1F. The predicted octanol–water partition coefficient (Wildman–Crippen LogP) is 1.98. The van der Waals surface area contributed by atoms with Crippen molar-refractivity contribution in [3.8, 4) is 0 Å². The number of esters is 1. The van der Waals surface area contributed by atoms with Crippen molar-refractivity contribution < 1.29 is 18.7 Å². The molecule has 1 saturated carbocycles. The maximum Gasteiger partial charge on any atom is 0.309 e. The molecule has 0 bridgehead atoms. The van der Waals surface area contributed by atoms with E-state index in [1.54, 1.807) is 25.2 Å². The number of nitrogens with zero attached hydrogens (tertiary/aromatic N) is 1. The summed E-state index contributed by atoms with van der Waals surface area (Å²) < 4.78 is 18.4. The van der Waals surface area contributed by atoms with Gasteiger partial charge in [-0.05, 0) is 18.4 Å². The highest BCUT2D eigenvalue weighted by atomic mass is 19.1. The van der Waals surface area contributed by atoms with E-state index in [1.807, 2.05) is 6.92 Å². The van der Waals surface area contributed by atoms with Crippen LogP contribution in [0.3, 0.4) is 0 Å². The number of halogens is 1. The van der Waals surface area contributed by atoms with Crippen molar-refractivity contribution in [1.29, 1.82) is 0 Å². The monoisotopic (exact) mass is 279 g/mol. The first-order valence-electron chi connectivity index (χ1n) is 6.63. The third-order valence-corrected chi connectivity index (χ3v) is 3.54. The second kappa shape index (κ2) is 6.03. The van der Waals surface area contributed by atoms with Gasteiger partial charge in [0.25, 0.3) is 5.91 Å². The highest BCUT2D eigenvalue weighted by Crippen LogP contribution is 2.38. The van der Waals surface area contributed by atoms with Crippen LogP contribution in [0, 0.1) is 17.7 Å². The first kappa shape index (κ1) is 14.5. The zero-order chi connectivity index (χ0) is 14.7.